The maximum absolute atomic E-state index is 13.3. The van der Waals surface area contributed by atoms with E-state index in [1.165, 1.54) is 18.3 Å². The number of hydrogen-bond acceptors (Lipinski definition) is 6. The fourth-order valence-corrected chi connectivity index (χ4v) is 2.54. The zero-order chi connectivity index (χ0) is 18.7. The number of anilines is 1. The van der Waals surface area contributed by atoms with Crippen LogP contribution in [0.15, 0.2) is 30.5 Å². The molecule has 26 heavy (non-hydrogen) atoms. The molecule has 2 heterocycles. The van der Waals surface area contributed by atoms with Gasteiger partial charge in [0.25, 0.3) is 5.91 Å². The average molecular weight is 382 g/mol. The van der Waals surface area contributed by atoms with Gasteiger partial charge in [-0.2, -0.15) is 4.39 Å². The summed E-state index contributed by atoms with van der Waals surface area (Å²) >= 11 is 6.10. The molecule has 0 aliphatic carbocycles. The van der Waals surface area contributed by atoms with Crippen molar-refractivity contribution in [3.05, 3.63) is 57.0 Å². The third-order valence-corrected chi connectivity index (χ3v) is 3.91. The summed E-state index contributed by atoms with van der Waals surface area (Å²) in [4.78, 5) is 26.2. The number of rotatable bonds is 5. The molecule has 1 amide bonds. The highest BCUT2D eigenvalue weighted by Gasteiger charge is 2.20. The number of nitrogens with one attached hydrogen (secondary N) is 1. The topological polar surface area (TPSA) is 104 Å². The van der Waals surface area contributed by atoms with E-state index in [1.54, 1.807) is 0 Å². The first-order valence-corrected chi connectivity index (χ1v) is 7.97. The normalized spacial score (nSPS) is 16.3. The van der Waals surface area contributed by atoms with Crippen LogP contribution >= 0.6 is 11.6 Å². The summed E-state index contributed by atoms with van der Waals surface area (Å²) in [7, 11) is 0. The van der Waals surface area contributed by atoms with Crippen LogP contribution < -0.4 is 10.1 Å². The third kappa shape index (κ3) is 4.06. The van der Waals surface area contributed by atoms with Gasteiger partial charge in [0.1, 0.15) is 11.1 Å². The zero-order valence-corrected chi connectivity index (χ0v) is 14.0. The van der Waals surface area contributed by atoms with E-state index in [0.29, 0.717) is 13.2 Å². The van der Waals surface area contributed by atoms with Gasteiger partial charge in [0.2, 0.25) is 11.7 Å². The second-order valence-corrected chi connectivity index (χ2v) is 5.90. The number of ether oxygens (including phenoxy) is 2. The van der Waals surface area contributed by atoms with Gasteiger partial charge in [0, 0.05) is 24.4 Å². The van der Waals surface area contributed by atoms with Gasteiger partial charge in [-0.3, -0.25) is 14.9 Å². The third-order valence-electron chi connectivity index (χ3n) is 3.64. The molecular weight excluding hydrogens is 369 g/mol. The minimum Gasteiger partial charge on any atom is -0.471 e. The number of aromatic nitrogens is 1. The van der Waals surface area contributed by atoms with Gasteiger partial charge < -0.3 is 14.8 Å². The number of amides is 1. The standard InChI is InChI=1S/C16H13ClFN3O5/c17-12-5-9(7-19-16(12)26-11-3-4-25-8-11)15(22)20-10-1-2-13(18)14(6-10)21(23)24/h1-2,5-7,11H,3-4,8H2,(H,20,22). The second-order valence-electron chi connectivity index (χ2n) is 5.49. The Hall–Kier alpha value is -2.78. The number of carbonyl (C=O) groups is 1. The van der Waals surface area contributed by atoms with Gasteiger partial charge in [-0.15, -0.1) is 0 Å². The Morgan fingerprint density at radius 2 is 2.27 bits per heavy atom. The van der Waals surface area contributed by atoms with Gasteiger partial charge in [-0.25, -0.2) is 4.98 Å². The average Bonchev–Trinajstić information content (AvgIpc) is 3.11. The minimum absolute atomic E-state index is 0.0719. The van der Waals surface area contributed by atoms with Crippen LogP contribution in [0, 0.1) is 15.9 Å². The van der Waals surface area contributed by atoms with Crippen molar-refractivity contribution >= 4 is 28.9 Å². The van der Waals surface area contributed by atoms with Crippen LogP contribution in [-0.4, -0.2) is 35.1 Å². The molecule has 1 saturated heterocycles. The molecule has 0 spiro atoms. The molecule has 0 saturated carbocycles. The Balaban J connectivity index is 1.72. The van der Waals surface area contributed by atoms with Crippen LogP contribution in [-0.2, 0) is 4.74 Å². The van der Waals surface area contributed by atoms with Gasteiger partial charge in [0.05, 0.1) is 23.7 Å². The van der Waals surface area contributed by atoms with Gasteiger partial charge >= 0.3 is 5.69 Å². The summed E-state index contributed by atoms with van der Waals surface area (Å²) in [6, 6.07) is 4.42. The van der Waals surface area contributed by atoms with E-state index in [4.69, 9.17) is 21.1 Å². The van der Waals surface area contributed by atoms with Crippen molar-refractivity contribution in [3.8, 4) is 5.88 Å². The molecule has 1 aromatic carbocycles. The first-order chi connectivity index (χ1) is 12.4. The molecule has 1 atom stereocenters. The summed E-state index contributed by atoms with van der Waals surface area (Å²) in [6.07, 6.45) is 1.85. The highest BCUT2D eigenvalue weighted by molar-refractivity contribution is 6.32. The fourth-order valence-electron chi connectivity index (χ4n) is 2.33. The summed E-state index contributed by atoms with van der Waals surface area (Å²) in [5, 5.41) is 13.3. The summed E-state index contributed by atoms with van der Waals surface area (Å²) < 4.78 is 24.1. The van der Waals surface area contributed by atoms with Crippen molar-refractivity contribution in [2.45, 2.75) is 12.5 Å². The Kier molecular flexibility index (Phi) is 5.29. The van der Waals surface area contributed by atoms with Crippen LogP contribution in [0.5, 0.6) is 5.88 Å². The van der Waals surface area contributed by atoms with Crippen LogP contribution in [0.1, 0.15) is 16.8 Å². The molecule has 1 aromatic heterocycles. The lowest BCUT2D eigenvalue weighted by Crippen LogP contribution is -2.17. The van der Waals surface area contributed by atoms with Gasteiger partial charge in [0.15, 0.2) is 0 Å². The van der Waals surface area contributed by atoms with Crippen LogP contribution in [0.25, 0.3) is 0 Å². The lowest BCUT2D eigenvalue weighted by atomic mass is 10.2. The van der Waals surface area contributed by atoms with Crippen LogP contribution in [0.2, 0.25) is 5.02 Å². The number of hydrogen-bond donors (Lipinski definition) is 1. The molecule has 3 rings (SSSR count). The first-order valence-electron chi connectivity index (χ1n) is 7.59. The van der Waals surface area contributed by atoms with Crippen molar-refractivity contribution in [1.82, 2.24) is 4.98 Å². The number of halogens is 2. The van der Waals surface area contributed by atoms with E-state index in [-0.39, 0.29) is 28.3 Å². The first kappa shape index (κ1) is 18.0. The molecule has 1 aliphatic heterocycles. The number of carbonyl (C=O) groups excluding carboxylic acids is 1. The van der Waals surface area contributed by atoms with Gasteiger partial charge in [-0.1, -0.05) is 11.6 Å². The number of nitrogens with zero attached hydrogens (tertiary/aromatic N) is 2. The zero-order valence-electron chi connectivity index (χ0n) is 13.3. The van der Waals surface area contributed by atoms with Crippen molar-refractivity contribution in [3.63, 3.8) is 0 Å². The maximum atomic E-state index is 13.3. The molecule has 1 aliphatic rings. The number of pyridine rings is 1. The highest BCUT2D eigenvalue weighted by atomic mass is 35.5. The van der Waals surface area contributed by atoms with E-state index in [0.717, 1.165) is 18.6 Å². The lowest BCUT2D eigenvalue weighted by molar-refractivity contribution is -0.387. The molecule has 1 unspecified atom stereocenters. The molecule has 1 fully saturated rings. The Bertz CT molecular complexity index is 858. The quantitative estimate of drug-likeness (QED) is 0.630. The van der Waals surface area contributed by atoms with E-state index in [2.05, 4.69) is 10.3 Å². The fraction of sp³-hybridized carbons (Fsp3) is 0.250. The molecule has 0 bridgehead atoms. The molecule has 10 heteroatoms. The van der Waals surface area contributed by atoms with Crippen molar-refractivity contribution in [2.75, 3.05) is 18.5 Å². The molecule has 136 valence electrons. The van der Waals surface area contributed by atoms with Gasteiger partial charge in [-0.05, 0) is 18.2 Å². The SMILES string of the molecule is O=C(Nc1ccc(F)c([N+](=O)[O-])c1)c1cnc(OC2CCOC2)c(Cl)c1. The van der Waals surface area contributed by atoms with E-state index in [1.807, 2.05) is 0 Å². The largest absolute Gasteiger partial charge is 0.471 e. The summed E-state index contributed by atoms with van der Waals surface area (Å²) in [6.45, 7) is 1.05. The van der Waals surface area contributed by atoms with Crippen LogP contribution in [0.3, 0.4) is 0 Å². The predicted molar refractivity (Wildman–Crippen MR) is 90.1 cm³/mol. The Morgan fingerprint density at radius 3 is 2.92 bits per heavy atom. The lowest BCUT2D eigenvalue weighted by Gasteiger charge is -2.12. The van der Waals surface area contributed by atoms with E-state index >= 15 is 0 Å². The van der Waals surface area contributed by atoms with E-state index in [9.17, 15) is 19.3 Å². The summed E-state index contributed by atoms with van der Waals surface area (Å²) in [5.41, 5.74) is -0.541. The monoisotopic (exact) mass is 381 g/mol. The number of benzene rings is 1. The highest BCUT2D eigenvalue weighted by Crippen LogP contribution is 2.26. The Labute approximate surface area is 152 Å². The minimum atomic E-state index is -0.991. The number of nitro benzene ring substituents is 1. The van der Waals surface area contributed by atoms with Crippen molar-refractivity contribution in [1.29, 1.82) is 0 Å². The molecule has 1 N–H and O–H groups in total. The maximum Gasteiger partial charge on any atom is 0.306 e. The predicted octanol–water partition coefficient (Wildman–Crippen LogP) is 3.20. The molecular formula is C16H13ClFN3O5. The Morgan fingerprint density at radius 1 is 1.46 bits per heavy atom. The second kappa shape index (κ2) is 7.63. The van der Waals surface area contributed by atoms with Crippen LogP contribution in [0.4, 0.5) is 15.8 Å². The van der Waals surface area contributed by atoms with Crippen molar-refractivity contribution < 1.29 is 23.6 Å². The molecule has 2 aromatic rings. The number of nitro groups is 1. The molecule has 0 radical (unpaired) electrons. The smallest absolute Gasteiger partial charge is 0.306 e. The van der Waals surface area contributed by atoms with E-state index < -0.39 is 22.3 Å². The summed E-state index contributed by atoms with van der Waals surface area (Å²) in [5.74, 6) is -1.40. The van der Waals surface area contributed by atoms with Crippen molar-refractivity contribution in [2.24, 2.45) is 0 Å². The molecule has 8 nitrogen and oxygen atoms in total.